The van der Waals surface area contributed by atoms with Crippen molar-refractivity contribution in [3.05, 3.63) is 81.3 Å². The molecule has 0 saturated heterocycles. The van der Waals surface area contributed by atoms with Gasteiger partial charge in [-0.05, 0) is 29.7 Å². The number of aromatic nitrogens is 1. The van der Waals surface area contributed by atoms with Crippen LogP contribution in [0, 0.1) is 5.92 Å². The Morgan fingerprint density at radius 2 is 1.97 bits per heavy atom. The van der Waals surface area contributed by atoms with Gasteiger partial charge in [-0.1, -0.05) is 61.8 Å². The van der Waals surface area contributed by atoms with E-state index in [1.807, 2.05) is 58.8 Å². The van der Waals surface area contributed by atoms with Crippen LogP contribution in [0.25, 0.3) is 0 Å². The first-order valence-electron chi connectivity index (χ1n) is 9.63. The average molecular weight is 429 g/mol. The van der Waals surface area contributed by atoms with Crippen LogP contribution in [-0.2, 0) is 24.4 Å². The van der Waals surface area contributed by atoms with Crippen molar-refractivity contribution in [2.75, 3.05) is 6.54 Å². The summed E-state index contributed by atoms with van der Waals surface area (Å²) < 4.78 is 5.77. The van der Waals surface area contributed by atoms with Gasteiger partial charge in [0.15, 0.2) is 0 Å². The summed E-state index contributed by atoms with van der Waals surface area (Å²) in [6.45, 7) is 5.84. The fourth-order valence-electron chi connectivity index (χ4n) is 2.96. The van der Waals surface area contributed by atoms with E-state index >= 15 is 0 Å². The predicted molar refractivity (Wildman–Crippen MR) is 118 cm³/mol. The molecule has 0 bridgehead atoms. The monoisotopic (exact) mass is 428 g/mol. The van der Waals surface area contributed by atoms with Gasteiger partial charge in [0.2, 0.25) is 5.91 Å². The third-order valence-corrected chi connectivity index (χ3v) is 5.35. The van der Waals surface area contributed by atoms with Gasteiger partial charge in [-0.3, -0.25) is 4.79 Å². The summed E-state index contributed by atoms with van der Waals surface area (Å²) in [5, 5.41) is 3.52. The van der Waals surface area contributed by atoms with Crippen LogP contribution < -0.4 is 4.74 Å². The fourth-order valence-corrected chi connectivity index (χ4v) is 3.84. The minimum absolute atomic E-state index is 0.120. The summed E-state index contributed by atoms with van der Waals surface area (Å²) in [5.41, 5.74) is 1.92. The van der Waals surface area contributed by atoms with Crippen LogP contribution in [0.1, 0.15) is 30.1 Å². The topological polar surface area (TPSA) is 42.4 Å². The number of ether oxygens (including phenoxy) is 1. The van der Waals surface area contributed by atoms with Crippen molar-refractivity contribution >= 4 is 28.8 Å². The number of rotatable bonds is 9. The van der Waals surface area contributed by atoms with E-state index in [9.17, 15) is 4.79 Å². The van der Waals surface area contributed by atoms with E-state index in [2.05, 4.69) is 18.8 Å². The van der Waals surface area contributed by atoms with Crippen molar-refractivity contribution < 1.29 is 9.53 Å². The highest BCUT2D eigenvalue weighted by Crippen LogP contribution is 2.20. The smallest absolute Gasteiger partial charge is 0.227 e. The minimum Gasteiger partial charge on any atom is -0.486 e. The Balaban J connectivity index is 1.61. The van der Waals surface area contributed by atoms with Gasteiger partial charge < -0.3 is 9.64 Å². The molecule has 0 radical (unpaired) electrons. The van der Waals surface area contributed by atoms with Gasteiger partial charge in [-0.15, -0.1) is 11.3 Å². The number of hydrogen-bond donors (Lipinski definition) is 0. The molecule has 2 aromatic carbocycles. The normalized spacial score (nSPS) is 10.9. The van der Waals surface area contributed by atoms with Gasteiger partial charge in [0, 0.05) is 16.9 Å². The molecule has 3 rings (SSSR count). The molecule has 0 unspecified atom stereocenters. The Morgan fingerprint density at radius 3 is 2.69 bits per heavy atom. The maximum absolute atomic E-state index is 12.9. The molecule has 0 aliphatic carbocycles. The number of thiazole rings is 1. The van der Waals surface area contributed by atoms with Gasteiger partial charge in [0.05, 0.1) is 18.7 Å². The molecular weight excluding hydrogens is 404 g/mol. The molecule has 0 N–H and O–H groups in total. The maximum Gasteiger partial charge on any atom is 0.227 e. The zero-order chi connectivity index (χ0) is 20.6. The highest BCUT2D eigenvalue weighted by Gasteiger charge is 2.17. The molecule has 1 aromatic heterocycles. The lowest BCUT2D eigenvalue weighted by Gasteiger charge is -2.24. The number of benzene rings is 2. The summed E-state index contributed by atoms with van der Waals surface area (Å²) in [4.78, 5) is 19.4. The summed E-state index contributed by atoms with van der Waals surface area (Å²) in [5.74, 6) is 1.22. The van der Waals surface area contributed by atoms with Crippen LogP contribution in [-0.4, -0.2) is 22.3 Å². The van der Waals surface area contributed by atoms with Gasteiger partial charge in [-0.2, -0.15) is 0 Å². The van der Waals surface area contributed by atoms with Gasteiger partial charge in [-0.25, -0.2) is 4.98 Å². The van der Waals surface area contributed by atoms with Crippen LogP contribution in [0.4, 0.5) is 0 Å². The predicted octanol–water partition coefficient (Wildman–Crippen LogP) is 5.60. The zero-order valence-corrected chi connectivity index (χ0v) is 18.2. The van der Waals surface area contributed by atoms with Crippen molar-refractivity contribution in [3.8, 4) is 5.75 Å². The molecule has 1 heterocycles. The molecule has 0 saturated carbocycles. The zero-order valence-electron chi connectivity index (χ0n) is 16.7. The molecule has 0 atom stereocenters. The number of carbonyl (C=O) groups is 1. The van der Waals surface area contributed by atoms with E-state index in [1.54, 1.807) is 17.4 Å². The molecule has 4 nitrogen and oxygen atoms in total. The standard InChI is InChI=1S/C23H25ClN2O2S/c1-17(2)13-26(23(27)11-18-7-4-3-5-8-18)14-20-16-29-22(25-20)15-28-21-10-6-9-19(24)12-21/h3-10,12,16-17H,11,13-15H2,1-2H3. The molecule has 0 fully saturated rings. The second-order valence-corrected chi connectivity index (χ2v) is 8.69. The molecule has 6 heteroatoms. The van der Waals surface area contributed by atoms with Crippen LogP contribution in [0.15, 0.2) is 60.0 Å². The van der Waals surface area contributed by atoms with Gasteiger partial charge in [0.1, 0.15) is 17.4 Å². The maximum atomic E-state index is 12.9. The fraction of sp³-hybridized carbons (Fsp3) is 0.304. The summed E-state index contributed by atoms with van der Waals surface area (Å²) >= 11 is 7.53. The summed E-state index contributed by atoms with van der Waals surface area (Å²) in [6, 6.07) is 17.2. The quantitative estimate of drug-likeness (QED) is 0.445. The van der Waals surface area contributed by atoms with Crippen molar-refractivity contribution in [2.45, 2.75) is 33.4 Å². The highest BCUT2D eigenvalue weighted by molar-refractivity contribution is 7.09. The van der Waals surface area contributed by atoms with Gasteiger partial charge >= 0.3 is 0 Å². The van der Waals surface area contributed by atoms with Crippen molar-refractivity contribution in [2.24, 2.45) is 5.92 Å². The Labute approximate surface area is 181 Å². The molecule has 0 aliphatic rings. The molecule has 1 amide bonds. The molecule has 29 heavy (non-hydrogen) atoms. The van der Waals surface area contributed by atoms with Crippen molar-refractivity contribution in [1.29, 1.82) is 0 Å². The van der Waals surface area contributed by atoms with E-state index in [0.29, 0.717) is 42.8 Å². The van der Waals surface area contributed by atoms with Crippen LogP contribution >= 0.6 is 22.9 Å². The summed E-state index contributed by atoms with van der Waals surface area (Å²) in [7, 11) is 0. The second kappa shape index (κ2) is 10.4. The Bertz CT molecular complexity index is 927. The lowest BCUT2D eigenvalue weighted by molar-refractivity contribution is -0.131. The first-order valence-corrected chi connectivity index (χ1v) is 10.9. The number of hydrogen-bond acceptors (Lipinski definition) is 4. The third-order valence-electron chi connectivity index (χ3n) is 4.25. The average Bonchev–Trinajstić information content (AvgIpc) is 3.14. The van der Waals surface area contributed by atoms with E-state index in [0.717, 1.165) is 16.3 Å². The Kier molecular flexibility index (Phi) is 7.67. The van der Waals surface area contributed by atoms with Crippen molar-refractivity contribution in [1.82, 2.24) is 9.88 Å². The van der Waals surface area contributed by atoms with E-state index in [-0.39, 0.29) is 5.91 Å². The third kappa shape index (κ3) is 6.87. The van der Waals surface area contributed by atoms with E-state index in [4.69, 9.17) is 16.3 Å². The number of amides is 1. The summed E-state index contributed by atoms with van der Waals surface area (Å²) in [6.07, 6.45) is 0.405. The highest BCUT2D eigenvalue weighted by atomic mass is 35.5. The Morgan fingerprint density at radius 1 is 1.17 bits per heavy atom. The van der Waals surface area contributed by atoms with E-state index in [1.165, 1.54) is 0 Å². The minimum atomic E-state index is 0.120. The first-order chi connectivity index (χ1) is 14.0. The van der Waals surface area contributed by atoms with Crippen molar-refractivity contribution in [3.63, 3.8) is 0 Å². The van der Waals surface area contributed by atoms with E-state index < -0.39 is 0 Å². The number of nitrogens with zero attached hydrogens (tertiary/aromatic N) is 2. The SMILES string of the molecule is CC(C)CN(Cc1csc(COc2cccc(Cl)c2)n1)C(=O)Cc1ccccc1. The molecule has 0 spiro atoms. The number of carbonyl (C=O) groups excluding carboxylic acids is 1. The van der Waals surface area contributed by atoms with Crippen LogP contribution in [0.2, 0.25) is 5.02 Å². The molecule has 152 valence electrons. The molecule has 0 aliphatic heterocycles. The van der Waals surface area contributed by atoms with Gasteiger partial charge in [0.25, 0.3) is 0 Å². The molecule has 3 aromatic rings. The lowest BCUT2D eigenvalue weighted by atomic mass is 10.1. The number of halogens is 1. The second-order valence-electron chi connectivity index (χ2n) is 7.31. The first kappa shape index (κ1) is 21.3. The largest absolute Gasteiger partial charge is 0.486 e. The van der Waals surface area contributed by atoms with Crippen LogP contribution in [0.3, 0.4) is 0 Å². The Hall–Kier alpha value is -2.37. The molecular formula is C23H25ClN2O2S. The lowest BCUT2D eigenvalue weighted by Crippen LogP contribution is -2.35. The van der Waals surface area contributed by atoms with Crippen LogP contribution in [0.5, 0.6) is 5.75 Å².